The van der Waals surface area contributed by atoms with Crippen LogP contribution in [0.25, 0.3) is 0 Å². The molecule has 0 aliphatic rings. The van der Waals surface area contributed by atoms with Crippen LogP contribution in [-0.2, 0) is 10.0 Å². The number of pyridine rings is 1. The molecule has 0 aliphatic carbocycles. The smallest absolute Gasteiger partial charge is 0.262 e. The normalized spacial score (nSPS) is 11.0. The first-order valence-electron chi connectivity index (χ1n) is 5.96. The number of methoxy groups -OCH3 is 1. The predicted octanol–water partition coefficient (Wildman–Crippen LogP) is 2.70. The van der Waals surface area contributed by atoms with Gasteiger partial charge in [-0.1, -0.05) is 0 Å². The van der Waals surface area contributed by atoms with Crippen LogP contribution in [0.15, 0.2) is 45.9 Å². The zero-order valence-electron chi connectivity index (χ0n) is 11.4. The number of hydrogen-bond acceptors (Lipinski definition) is 5. The molecule has 0 bridgehead atoms. The second kappa shape index (κ2) is 6.31. The van der Waals surface area contributed by atoms with Gasteiger partial charge >= 0.3 is 0 Å². The van der Waals surface area contributed by atoms with Gasteiger partial charge in [-0.05, 0) is 34.1 Å². The second-order valence-electron chi connectivity index (χ2n) is 4.08. The standard InChI is InChI=1S/C13H14BrN3O3S/c1-15-13-8-10(5-6-16-13)21(18,19)17-12-7-9(20-2)3-4-11(12)14/h3-8,17H,1-2H3,(H,15,16). The Kier molecular flexibility index (Phi) is 4.69. The van der Waals surface area contributed by atoms with Crippen molar-refractivity contribution in [1.82, 2.24) is 4.98 Å². The predicted molar refractivity (Wildman–Crippen MR) is 85.3 cm³/mol. The molecular formula is C13H14BrN3O3S. The lowest BCUT2D eigenvalue weighted by atomic mass is 10.3. The molecule has 0 unspecified atom stereocenters. The average Bonchev–Trinajstić information content (AvgIpc) is 2.49. The first-order valence-corrected chi connectivity index (χ1v) is 8.24. The van der Waals surface area contributed by atoms with Gasteiger partial charge in [0.25, 0.3) is 10.0 Å². The maximum atomic E-state index is 12.4. The zero-order valence-corrected chi connectivity index (χ0v) is 13.8. The SMILES string of the molecule is CNc1cc(S(=O)(=O)Nc2cc(OC)ccc2Br)ccn1. The minimum atomic E-state index is -3.71. The molecular weight excluding hydrogens is 358 g/mol. The Morgan fingerprint density at radius 1 is 1.24 bits per heavy atom. The van der Waals surface area contributed by atoms with Crippen molar-refractivity contribution in [3.8, 4) is 5.75 Å². The molecule has 0 saturated carbocycles. The van der Waals surface area contributed by atoms with E-state index in [1.165, 1.54) is 25.4 Å². The van der Waals surface area contributed by atoms with Gasteiger partial charge in [0, 0.05) is 29.8 Å². The summed E-state index contributed by atoms with van der Waals surface area (Å²) in [6.07, 6.45) is 1.43. The first-order chi connectivity index (χ1) is 9.96. The van der Waals surface area contributed by atoms with E-state index in [1.807, 2.05) is 0 Å². The fraction of sp³-hybridized carbons (Fsp3) is 0.154. The highest BCUT2D eigenvalue weighted by atomic mass is 79.9. The van der Waals surface area contributed by atoms with Crippen LogP contribution >= 0.6 is 15.9 Å². The molecule has 0 fully saturated rings. The average molecular weight is 372 g/mol. The lowest BCUT2D eigenvalue weighted by molar-refractivity contribution is 0.415. The number of anilines is 2. The van der Waals surface area contributed by atoms with Crippen LogP contribution in [0.1, 0.15) is 0 Å². The fourth-order valence-corrected chi connectivity index (χ4v) is 3.19. The van der Waals surface area contributed by atoms with Gasteiger partial charge in [0.05, 0.1) is 17.7 Å². The molecule has 0 saturated heterocycles. The molecule has 0 radical (unpaired) electrons. The number of nitrogens with one attached hydrogen (secondary N) is 2. The van der Waals surface area contributed by atoms with Gasteiger partial charge in [0.1, 0.15) is 11.6 Å². The van der Waals surface area contributed by atoms with Gasteiger partial charge in [-0.2, -0.15) is 0 Å². The molecule has 112 valence electrons. The molecule has 2 rings (SSSR count). The molecule has 2 aromatic rings. The van der Waals surface area contributed by atoms with Gasteiger partial charge in [0.2, 0.25) is 0 Å². The molecule has 8 heteroatoms. The summed E-state index contributed by atoms with van der Waals surface area (Å²) in [6, 6.07) is 7.92. The van der Waals surface area contributed by atoms with Crippen molar-refractivity contribution in [2.24, 2.45) is 0 Å². The van der Waals surface area contributed by atoms with E-state index in [1.54, 1.807) is 25.2 Å². The molecule has 1 aromatic carbocycles. The topological polar surface area (TPSA) is 80.3 Å². The highest BCUT2D eigenvalue weighted by Gasteiger charge is 2.16. The maximum absolute atomic E-state index is 12.4. The number of rotatable bonds is 5. The van der Waals surface area contributed by atoms with E-state index in [9.17, 15) is 8.42 Å². The molecule has 0 aliphatic heterocycles. The van der Waals surface area contributed by atoms with Gasteiger partial charge in [-0.15, -0.1) is 0 Å². The summed E-state index contributed by atoms with van der Waals surface area (Å²) in [7, 11) is -0.520. The van der Waals surface area contributed by atoms with Gasteiger partial charge in [-0.3, -0.25) is 4.72 Å². The first kappa shape index (κ1) is 15.6. The third-order valence-electron chi connectivity index (χ3n) is 2.72. The van der Waals surface area contributed by atoms with Crippen molar-refractivity contribution < 1.29 is 13.2 Å². The third-order valence-corrected chi connectivity index (χ3v) is 4.77. The zero-order chi connectivity index (χ0) is 15.5. The molecule has 0 spiro atoms. The Morgan fingerprint density at radius 3 is 2.67 bits per heavy atom. The minimum Gasteiger partial charge on any atom is -0.497 e. The van der Waals surface area contributed by atoms with E-state index >= 15 is 0 Å². The van der Waals surface area contributed by atoms with Crippen LogP contribution in [0.4, 0.5) is 11.5 Å². The number of hydrogen-bond donors (Lipinski definition) is 2. The van der Waals surface area contributed by atoms with Crippen LogP contribution in [-0.4, -0.2) is 27.6 Å². The van der Waals surface area contributed by atoms with Gasteiger partial charge in [-0.25, -0.2) is 13.4 Å². The lowest BCUT2D eigenvalue weighted by Gasteiger charge is -2.11. The summed E-state index contributed by atoms with van der Waals surface area (Å²) in [5.74, 6) is 1.03. The minimum absolute atomic E-state index is 0.122. The third kappa shape index (κ3) is 3.64. The Morgan fingerprint density at radius 2 is 2.00 bits per heavy atom. The molecule has 1 heterocycles. The Balaban J connectivity index is 2.37. The summed E-state index contributed by atoms with van der Waals surface area (Å²) in [5, 5.41) is 2.80. The van der Waals surface area contributed by atoms with E-state index in [4.69, 9.17) is 4.74 Å². The highest BCUT2D eigenvalue weighted by molar-refractivity contribution is 9.10. The van der Waals surface area contributed by atoms with Crippen LogP contribution in [0.3, 0.4) is 0 Å². The number of halogens is 1. The van der Waals surface area contributed by atoms with Crippen molar-refractivity contribution in [3.05, 3.63) is 41.0 Å². The molecule has 0 amide bonds. The summed E-state index contributed by atoms with van der Waals surface area (Å²) >= 11 is 3.31. The quantitative estimate of drug-likeness (QED) is 0.844. The Bertz CT molecular complexity index is 750. The summed E-state index contributed by atoms with van der Waals surface area (Å²) in [4.78, 5) is 4.11. The molecule has 6 nitrogen and oxygen atoms in total. The van der Waals surface area contributed by atoms with Crippen molar-refractivity contribution in [3.63, 3.8) is 0 Å². The van der Waals surface area contributed by atoms with E-state index in [0.717, 1.165) is 0 Å². The fourth-order valence-electron chi connectivity index (χ4n) is 1.63. The largest absolute Gasteiger partial charge is 0.497 e. The van der Waals surface area contributed by atoms with E-state index < -0.39 is 10.0 Å². The van der Waals surface area contributed by atoms with Crippen molar-refractivity contribution in [1.29, 1.82) is 0 Å². The summed E-state index contributed by atoms with van der Waals surface area (Å²) in [5.41, 5.74) is 0.400. The number of nitrogens with zero attached hydrogens (tertiary/aromatic N) is 1. The number of sulfonamides is 1. The van der Waals surface area contributed by atoms with E-state index in [2.05, 4.69) is 31.0 Å². The monoisotopic (exact) mass is 371 g/mol. The lowest BCUT2D eigenvalue weighted by Crippen LogP contribution is -2.14. The number of benzene rings is 1. The highest BCUT2D eigenvalue weighted by Crippen LogP contribution is 2.29. The van der Waals surface area contributed by atoms with Gasteiger partial charge < -0.3 is 10.1 Å². The van der Waals surface area contributed by atoms with Crippen molar-refractivity contribution in [2.75, 3.05) is 24.2 Å². The van der Waals surface area contributed by atoms with Crippen molar-refractivity contribution >= 4 is 37.5 Å². The number of ether oxygens (including phenoxy) is 1. The molecule has 0 atom stereocenters. The van der Waals surface area contributed by atoms with Crippen LogP contribution in [0.2, 0.25) is 0 Å². The van der Waals surface area contributed by atoms with Crippen molar-refractivity contribution in [2.45, 2.75) is 4.90 Å². The maximum Gasteiger partial charge on any atom is 0.262 e. The number of aromatic nitrogens is 1. The molecule has 1 aromatic heterocycles. The van der Waals surface area contributed by atoms with Gasteiger partial charge in [0.15, 0.2) is 0 Å². The van der Waals surface area contributed by atoms with Crippen LogP contribution in [0, 0.1) is 0 Å². The second-order valence-corrected chi connectivity index (χ2v) is 6.61. The summed E-state index contributed by atoms with van der Waals surface area (Å²) in [6.45, 7) is 0. The van der Waals surface area contributed by atoms with E-state index in [0.29, 0.717) is 21.7 Å². The molecule has 2 N–H and O–H groups in total. The Hall–Kier alpha value is -1.80. The van der Waals surface area contributed by atoms with E-state index in [-0.39, 0.29) is 4.90 Å². The Labute approximate surface area is 131 Å². The van der Waals surface area contributed by atoms with Crippen LogP contribution < -0.4 is 14.8 Å². The molecule has 21 heavy (non-hydrogen) atoms. The van der Waals surface area contributed by atoms with Crippen LogP contribution in [0.5, 0.6) is 5.75 Å². The summed E-state index contributed by atoms with van der Waals surface area (Å²) < 4.78 is 33.0.